The van der Waals surface area contributed by atoms with Crippen molar-refractivity contribution in [1.29, 1.82) is 0 Å². The van der Waals surface area contributed by atoms with E-state index < -0.39 is 0 Å². The normalized spacial score (nSPS) is 12.9. The number of benzene rings is 1. The summed E-state index contributed by atoms with van der Waals surface area (Å²) in [6.07, 6.45) is 5.03. The summed E-state index contributed by atoms with van der Waals surface area (Å²) < 4.78 is 18.9. The van der Waals surface area contributed by atoms with Crippen LogP contribution in [0.3, 0.4) is 0 Å². The molecule has 0 saturated heterocycles. The molecule has 0 heterocycles. The fourth-order valence-corrected chi connectivity index (χ4v) is 1.77. The Morgan fingerprint density at radius 1 is 1.47 bits per heavy atom. The van der Waals surface area contributed by atoms with E-state index in [1.807, 2.05) is 19.9 Å². The van der Waals surface area contributed by atoms with Crippen molar-refractivity contribution in [1.82, 2.24) is 5.32 Å². The van der Waals surface area contributed by atoms with Crippen LogP contribution in [-0.2, 0) is 0 Å². The van der Waals surface area contributed by atoms with Crippen molar-refractivity contribution in [3.8, 4) is 5.75 Å². The van der Waals surface area contributed by atoms with Crippen molar-refractivity contribution >= 4 is 0 Å². The van der Waals surface area contributed by atoms with E-state index in [1.54, 1.807) is 19.2 Å². The van der Waals surface area contributed by atoms with Crippen molar-refractivity contribution in [2.45, 2.75) is 26.3 Å². The molecule has 0 bridgehead atoms. The summed E-state index contributed by atoms with van der Waals surface area (Å²) in [5.41, 5.74) is 0.593. The number of rotatable bonds is 6. The van der Waals surface area contributed by atoms with E-state index in [9.17, 15) is 4.39 Å². The molecule has 0 aliphatic rings. The smallest absolute Gasteiger partial charge is 0.131 e. The second-order valence-corrected chi connectivity index (χ2v) is 3.89. The highest BCUT2D eigenvalue weighted by molar-refractivity contribution is 5.36. The van der Waals surface area contributed by atoms with Gasteiger partial charge in [-0.3, -0.25) is 0 Å². The molecule has 0 fully saturated rings. The first-order valence-electron chi connectivity index (χ1n) is 5.87. The van der Waals surface area contributed by atoms with Crippen molar-refractivity contribution < 1.29 is 9.13 Å². The van der Waals surface area contributed by atoms with Crippen LogP contribution in [0.4, 0.5) is 4.39 Å². The summed E-state index contributed by atoms with van der Waals surface area (Å²) in [6, 6.07) is 4.84. The van der Waals surface area contributed by atoms with E-state index in [2.05, 4.69) is 11.4 Å². The van der Waals surface area contributed by atoms with Gasteiger partial charge in [-0.25, -0.2) is 4.39 Å². The number of ether oxygens (including phenoxy) is 1. The maximum Gasteiger partial charge on any atom is 0.131 e. The van der Waals surface area contributed by atoms with Gasteiger partial charge in [0.2, 0.25) is 0 Å². The van der Waals surface area contributed by atoms with Crippen molar-refractivity contribution in [3.05, 3.63) is 41.7 Å². The first-order chi connectivity index (χ1) is 8.20. The summed E-state index contributed by atoms with van der Waals surface area (Å²) >= 11 is 0. The molecular weight excluding hydrogens is 217 g/mol. The molecule has 0 aliphatic carbocycles. The lowest BCUT2D eigenvalue weighted by molar-refractivity contribution is 0.394. The lowest BCUT2D eigenvalue weighted by Crippen LogP contribution is -2.21. The predicted molar refractivity (Wildman–Crippen MR) is 68.8 cm³/mol. The van der Waals surface area contributed by atoms with Crippen LogP contribution in [0.25, 0.3) is 0 Å². The summed E-state index contributed by atoms with van der Waals surface area (Å²) in [5, 5.41) is 3.28. The lowest BCUT2D eigenvalue weighted by atomic mass is 10.1. The zero-order valence-electron chi connectivity index (χ0n) is 10.7. The fourth-order valence-electron chi connectivity index (χ4n) is 1.77. The molecule has 1 rings (SSSR count). The van der Waals surface area contributed by atoms with E-state index in [0.29, 0.717) is 11.3 Å². The molecule has 1 unspecified atom stereocenters. The third kappa shape index (κ3) is 3.86. The Hall–Kier alpha value is -1.35. The van der Waals surface area contributed by atoms with Crippen molar-refractivity contribution in [2.24, 2.45) is 0 Å². The zero-order valence-corrected chi connectivity index (χ0v) is 10.7. The van der Waals surface area contributed by atoms with Crippen LogP contribution >= 0.6 is 0 Å². The van der Waals surface area contributed by atoms with E-state index in [0.717, 1.165) is 13.0 Å². The standard InChI is InChI=1S/C14H20FNO/c1-4-5-6-10-16-11(2)14-12(15)8-7-9-13(14)17-3/h4-5,7-9,11,16H,6,10H2,1-3H3/b5-4+. The first-order valence-corrected chi connectivity index (χ1v) is 5.87. The third-order valence-electron chi connectivity index (χ3n) is 2.66. The second kappa shape index (κ2) is 7.07. The number of nitrogens with one attached hydrogen (secondary N) is 1. The Labute approximate surface area is 102 Å². The number of methoxy groups -OCH3 is 1. The third-order valence-corrected chi connectivity index (χ3v) is 2.66. The molecule has 0 aliphatic heterocycles. The van der Waals surface area contributed by atoms with Gasteiger partial charge < -0.3 is 10.1 Å². The van der Waals surface area contributed by atoms with Gasteiger partial charge in [-0.15, -0.1) is 0 Å². The van der Waals surface area contributed by atoms with E-state index in [1.165, 1.54) is 6.07 Å². The second-order valence-electron chi connectivity index (χ2n) is 3.89. The Morgan fingerprint density at radius 3 is 2.88 bits per heavy atom. The highest BCUT2D eigenvalue weighted by atomic mass is 19.1. The maximum atomic E-state index is 13.7. The van der Waals surface area contributed by atoms with Crippen LogP contribution in [0.1, 0.15) is 31.9 Å². The molecule has 3 heteroatoms. The van der Waals surface area contributed by atoms with Gasteiger partial charge in [-0.2, -0.15) is 0 Å². The fraction of sp³-hybridized carbons (Fsp3) is 0.429. The number of hydrogen-bond acceptors (Lipinski definition) is 2. The molecular formula is C14H20FNO. The number of hydrogen-bond donors (Lipinski definition) is 1. The summed E-state index contributed by atoms with van der Waals surface area (Å²) in [6.45, 7) is 4.75. The van der Waals surface area contributed by atoms with Gasteiger partial charge >= 0.3 is 0 Å². The highest BCUT2D eigenvalue weighted by Gasteiger charge is 2.15. The Kier molecular flexibility index (Phi) is 5.70. The van der Waals surface area contributed by atoms with E-state index in [4.69, 9.17) is 4.74 Å². The van der Waals surface area contributed by atoms with Crippen LogP contribution in [0.5, 0.6) is 5.75 Å². The molecule has 94 valence electrons. The van der Waals surface area contributed by atoms with Gasteiger partial charge in [0, 0.05) is 11.6 Å². The zero-order chi connectivity index (χ0) is 12.7. The van der Waals surface area contributed by atoms with Gasteiger partial charge in [-0.05, 0) is 38.9 Å². The molecule has 0 radical (unpaired) electrons. The van der Waals surface area contributed by atoms with Crippen LogP contribution in [0.15, 0.2) is 30.4 Å². The summed E-state index contributed by atoms with van der Waals surface area (Å²) in [4.78, 5) is 0. The van der Waals surface area contributed by atoms with Gasteiger partial charge in [0.15, 0.2) is 0 Å². The van der Waals surface area contributed by atoms with E-state index >= 15 is 0 Å². The molecule has 1 atom stereocenters. The average Bonchev–Trinajstić information content (AvgIpc) is 2.34. The summed E-state index contributed by atoms with van der Waals surface area (Å²) in [7, 11) is 1.56. The minimum Gasteiger partial charge on any atom is -0.496 e. The topological polar surface area (TPSA) is 21.3 Å². The van der Waals surface area contributed by atoms with Crippen molar-refractivity contribution in [2.75, 3.05) is 13.7 Å². The van der Waals surface area contributed by atoms with E-state index in [-0.39, 0.29) is 11.9 Å². The quantitative estimate of drug-likeness (QED) is 0.604. The molecule has 0 spiro atoms. The number of halogens is 1. The monoisotopic (exact) mass is 237 g/mol. The molecule has 1 aromatic rings. The largest absolute Gasteiger partial charge is 0.496 e. The minimum absolute atomic E-state index is 0.0589. The van der Waals surface area contributed by atoms with Crippen molar-refractivity contribution in [3.63, 3.8) is 0 Å². The first kappa shape index (κ1) is 13.7. The highest BCUT2D eigenvalue weighted by Crippen LogP contribution is 2.27. The molecule has 0 aromatic heterocycles. The molecule has 2 nitrogen and oxygen atoms in total. The molecule has 17 heavy (non-hydrogen) atoms. The van der Waals surface area contributed by atoms with Crippen LogP contribution < -0.4 is 10.1 Å². The molecule has 1 aromatic carbocycles. The average molecular weight is 237 g/mol. The summed E-state index contributed by atoms with van der Waals surface area (Å²) in [5.74, 6) is 0.367. The SMILES string of the molecule is C/C=C/CCNC(C)c1c(F)cccc1OC. The molecule has 0 amide bonds. The molecule has 1 N–H and O–H groups in total. The van der Waals surface area contributed by atoms with Gasteiger partial charge in [-0.1, -0.05) is 18.2 Å². The Morgan fingerprint density at radius 2 is 2.24 bits per heavy atom. The van der Waals surface area contributed by atoms with Crippen LogP contribution in [-0.4, -0.2) is 13.7 Å². The van der Waals surface area contributed by atoms with Gasteiger partial charge in [0.25, 0.3) is 0 Å². The Bertz CT molecular complexity index is 376. The Balaban J connectivity index is 2.70. The maximum absolute atomic E-state index is 13.7. The minimum atomic E-state index is -0.226. The van der Waals surface area contributed by atoms with Gasteiger partial charge in [0.1, 0.15) is 11.6 Å². The van der Waals surface area contributed by atoms with Crippen LogP contribution in [0.2, 0.25) is 0 Å². The van der Waals surface area contributed by atoms with Gasteiger partial charge in [0.05, 0.1) is 7.11 Å². The predicted octanol–water partition coefficient (Wildman–Crippen LogP) is 3.45. The number of allylic oxidation sites excluding steroid dienone is 1. The van der Waals surface area contributed by atoms with Crippen LogP contribution in [0, 0.1) is 5.82 Å². The lowest BCUT2D eigenvalue weighted by Gasteiger charge is -2.17. The molecule has 0 saturated carbocycles.